The van der Waals surface area contributed by atoms with E-state index in [2.05, 4.69) is 6.58 Å². The Hall–Kier alpha value is -2.46. The van der Waals surface area contributed by atoms with Crippen molar-refractivity contribution in [1.82, 2.24) is 0 Å². The second kappa shape index (κ2) is 32.8. The summed E-state index contributed by atoms with van der Waals surface area (Å²) in [6.45, 7) is 14.0. The molecule has 2 rings (SSSR count). The van der Waals surface area contributed by atoms with Gasteiger partial charge in [0.15, 0.2) is 6.29 Å². The van der Waals surface area contributed by atoms with Gasteiger partial charge in [-0.1, -0.05) is 6.58 Å². The van der Waals surface area contributed by atoms with Crippen LogP contribution in [0, 0.1) is 11.8 Å². The number of ether oxygens (including phenoxy) is 16. The molecule has 0 saturated carbocycles. The van der Waals surface area contributed by atoms with E-state index in [4.69, 9.17) is 84.6 Å². The molecule has 0 bridgehead atoms. The van der Waals surface area contributed by atoms with Crippen LogP contribution in [0.2, 0.25) is 0 Å². The van der Waals surface area contributed by atoms with Gasteiger partial charge in [0.2, 0.25) is 0 Å². The van der Waals surface area contributed by atoms with Crippen molar-refractivity contribution in [3.63, 3.8) is 0 Å². The summed E-state index contributed by atoms with van der Waals surface area (Å²) >= 11 is 0. The lowest BCUT2D eigenvalue weighted by Gasteiger charge is -2.23. The summed E-state index contributed by atoms with van der Waals surface area (Å²) in [6, 6.07) is 0. The molecule has 0 amide bonds. The van der Waals surface area contributed by atoms with E-state index < -0.39 is 6.29 Å². The Kier molecular flexibility index (Phi) is 28.9. The zero-order chi connectivity index (χ0) is 38.9. The number of rotatable bonds is 29. The van der Waals surface area contributed by atoms with Crippen LogP contribution in [-0.4, -0.2) is 180 Å². The Labute approximate surface area is 318 Å². The maximum absolute atomic E-state index is 6.15. The Morgan fingerprint density at radius 3 is 1.48 bits per heavy atom. The van der Waals surface area contributed by atoms with Crippen molar-refractivity contribution in [2.45, 2.75) is 13.2 Å². The molecule has 1 aliphatic rings. The molecule has 2 atom stereocenters. The first-order valence-electron chi connectivity index (χ1n) is 18.2. The van der Waals surface area contributed by atoms with E-state index in [-0.39, 0.29) is 54.8 Å². The predicted molar refractivity (Wildman–Crippen MR) is 191 cm³/mol. The van der Waals surface area contributed by atoms with Crippen LogP contribution in [0.15, 0.2) is 21.0 Å². The molecular formula is C36H64O18. The van der Waals surface area contributed by atoms with Crippen LogP contribution in [0.3, 0.4) is 0 Å². The summed E-state index contributed by atoms with van der Waals surface area (Å²) in [6.07, 6.45) is -0.622. The molecular weight excluding hydrogens is 720 g/mol. The molecule has 18 heteroatoms. The SMILES string of the molecule is C=C1COCC(COCCOCCOCCOC)COC(=c2oc(=C(OCC)OCC(OC)OC)o2)OCC(COCCOCCOCCOC)COC1. The average molecular weight is 785 g/mol. The lowest BCUT2D eigenvalue weighted by Crippen LogP contribution is -2.32. The molecule has 316 valence electrons. The summed E-state index contributed by atoms with van der Waals surface area (Å²) in [5, 5.41) is 0. The van der Waals surface area contributed by atoms with Gasteiger partial charge < -0.3 is 84.6 Å². The molecule has 1 aromatic heterocycles. The second-order valence-corrected chi connectivity index (χ2v) is 11.7. The highest BCUT2D eigenvalue weighted by atomic mass is 16.7. The zero-order valence-corrected chi connectivity index (χ0v) is 32.8. The molecule has 1 aromatic rings. The van der Waals surface area contributed by atoms with E-state index in [1.165, 1.54) is 14.2 Å². The first-order chi connectivity index (χ1) is 26.5. The Morgan fingerprint density at radius 1 is 0.611 bits per heavy atom. The van der Waals surface area contributed by atoms with Crippen LogP contribution in [-0.2, 0) is 75.8 Å². The summed E-state index contributed by atoms with van der Waals surface area (Å²) in [7, 11) is 6.26. The molecule has 0 aromatic carbocycles. The summed E-state index contributed by atoms with van der Waals surface area (Å²) < 4.78 is 101. The topological polar surface area (TPSA) is 174 Å². The van der Waals surface area contributed by atoms with Gasteiger partial charge in [-0.15, -0.1) is 0 Å². The lowest BCUT2D eigenvalue weighted by atomic mass is 10.2. The molecule has 1 saturated heterocycles. The maximum atomic E-state index is 6.15. The molecule has 0 N–H and O–H groups in total. The summed E-state index contributed by atoms with van der Waals surface area (Å²) in [5.74, 6) is -0.347. The van der Waals surface area contributed by atoms with Gasteiger partial charge in [-0.05, 0) is 12.5 Å². The van der Waals surface area contributed by atoms with E-state index in [0.29, 0.717) is 126 Å². The fraction of sp³-hybridized carbons (Fsp3) is 0.833. The van der Waals surface area contributed by atoms with Crippen molar-refractivity contribution in [2.24, 2.45) is 11.8 Å². The van der Waals surface area contributed by atoms with E-state index in [9.17, 15) is 0 Å². The molecule has 18 nitrogen and oxygen atoms in total. The normalized spacial score (nSPS) is 17.7. The van der Waals surface area contributed by atoms with Gasteiger partial charge in [0, 0.05) is 40.3 Å². The first kappa shape index (κ1) is 47.7. The predicted octanol–water partition coefficient (Wildman–Crippen LogP) is 0.937. The van der Waals surface area contributed by atoms with E-state index >= 15 is 0 Å². The van der Waals surface area contributed by atoms with E-state index in [1.54, 1.807) is 21.1 Å². The molecule has 1 fully saturated rings. The maximum Gasteiger partial charge on any atom is 0.380 e. The van der Waals surface area contributed by atoms with E-state index in [0.717, 1.165) is 5.57 Å². The van der Waals surface area contributed by atoms with Crippen molar-refractivity contribution in [3.8, 4) is 0 Å². The molecule has 0 aliphatic carbocycles. The third-order valence-corrected chi connectivity index (χ3v) is 7.13. The molecule has 54 heavy (non-hydrogen) atoms. The second-order valence-electron chi connectivity index (χ2n) is 11.7. The Balaban J connectivity index is 2.09. The Bertz CT molecular complexity index is 1070. The minimum Gasteiger partial charge on any atom is -0.461 e. The van der Waals surface area contributed by atoms with E-state index in [1.807, 2.05) is 0 Å². The van der Waals surface area contributed by atoms with Crippen molar-refractivity contribution < 1.29 is 84.6 Å². The van der Waals surface area contributed by atoms with Crippen molar-refractivity contribution in [2.75, 3.05) is 174 Å². The third-order valence-electron chi connectivity index (χ3n) is 7.13. The monoisotopic (exact) mass is 784 g/mol. The number of hydrogen-bond acceptors (Lipinski definition) is 18. The van der Waals surface area contributed by atoms with Crippen molar-refractivity contribution >= 4 is 11.9 Å². The molecule has 2 heterocycles. The zero-order valence-electron chi connectivity index (χ0n) is 32.8. The molecule has 1 aliphatic heterocycles. The minimum atomic E-state index is -0.622. The summed E-state index contributed by atoms with van der Waals surface area (Å²) in [5.41, 5.74) is 0.781. The third kappa shape index (κ3) is 22.8. The molecule has 0 radical (unpaired) electrons. The first-order valence-corrected chi connectivity index (χ1v) is 18.2. The number of methoxy groups -OCH3 is 4. The fourth-order valence-electron chi connectivity index (χ4n) is 4.29. The van der Waals surface area contributed by atoms with Gasteiger partial charge in [-0.25, -0.2) is 0 Å². The van der Waals surface area contributed by atoms with Gasteiger partial charge in [0.1, 0.15) is 6.61 Å². The van der Waals surface area contributed by atoms with Crippen molar-refractivity contribution in [1.29, 1.82) is 0 Å². The standard InChI is InChI=1S/C36H64O18/c1-7-49-33(52-28-32(39-5)40-6)35-53-36(54-35)34-50-26-30(22-45-18-16-43-14-12-41-10-8-37-3)24-47-20-29(2)21-48-25-31(27-51-34)23-46-19-17-44-15-13-42-11-9-38-4/h30-32H,2,7-28H2,1,3-6H3. The Morgan fingerprint density at radius 2 is 1.06 bits per heavy atom. The number of hydrogen-bond donors (Lipinski definition) is 0. The van der Waals surface area contributed by atoms with Crippen LogP contribution in [0.4, 0.5) is 0 Å². The highest BCUT2D eigenvalue weighted by Gasteiger charge is 2.22. The van der Waals surface area contributed by atoms with Crippen LogP contribution in [0.1, 0.15) is 6.92 Å². The van der Waals surface area contributed by atoms with Crippen LogP contribution in [0.25, 0.3) is 11.9 Å². The largest absolute Gasteiger partial charge is 0.461 e. The van der Waals surface area contributed by atoms with Gasteiger partial charge >= 0.3 is 23.1 Å². The highest BCUT2D eigenvalue weighted by Crippen LogP contribution is 2.13. The smallest absolute Gasteiger partial charge is 0.380 e. The van der Waals surface area contributed by atoms with Crippen LogP contribution in [0.5, 0.6) is 0 Å². The minimum absolute atomic E-state index is 0.00458. The van der Waals surface area contributed by atoms with Crippen LogP contribution >= 0.6 is 0 Å². The molecule has 2 unspecified atom stereocenters. The summed E-state index contributed by atoms with van der Waals surface area (Å²) in [4.78, 5) is 0. The van der Waals surface area contributed by atoms with Gasteiger partial charge in [0.05, 0.1) is 139 Å². The quantitative estimate of drug-likeness (QED) is 0.0637. The fourth-order valence-corrected chi connectivity index (χ4v) is 4.29. The van der Waals surface area contributed by atoms with Gasteiger partial charge in [-0.3, -0.25) is 0 Å². The average Bonchev–Trinajstić information content (AvgIpc) is 3.15. The van der Waals surface area contributed by atoms with Gasteiger partial charge in [-0.2, -0.15) is 0 Å². The van der Waals surface area contributed by atoms with Crippen LogP contribution < -0.4 is 11.2 Å². The van der Waals surface area contributed by atoms with Crippen molar-refractivity contribution in [3.05, 3.63) is 23.4 Å². The highest BCUT2D eigenvalue weighted by molar-refractivity contribution is 5.22. The molecule has 0 spiro atoms. The van der Waals surface area contributed by atoms with Gasteiger partial charge in [0.25, 0.3) is 0 Å². The lowest BCUT2D eigenvalue weighted by molar-refractivity contribution is -0.133.